The van der Waals surface area contributed by atoms with E-state index in [1.54, 1.807) is 32.2 Å². The van der Waals surface area contributed by atoms with Crippen molar-refractivity contribution in [1.82, 2.24) is 19.4 Å². The molecule has 0 atom stereocenters. The van der Waals surface area contributed by atoms with Crippen molar-refractivity contribution in [1.29, 1.82) is 0 Å². The van der Waals surface area contributed by atoms with Crippen LogP contribution in [-0.4, -0.2) is 58.9 Å². The molecule has 6 nitrogen and oxygen atoms in total. The first kappa shape index (κ1) is 16.2. The zero-order valence-corrected chi connectivity index (χ0v) is 12.8. The summed E-state index contributed by atoms with van der Waals surface area (Å²) in [6.07, 6.45) is 5.29. The van der Waals surface area contributed by atoms with Crippen molar-refractivity contribution in [3.8, 4) is 0 Å². The van der Waals surface area contributed by atoms with E-state index in [0.29, 0.717) is 25.9 Å². The van der Waals surface area contributed by atoms with E-state index in [4.69, 9.17) is 0 Å². The number of rotatable bonds is 7. The van der Waals surface area contributed by atoms with Gasteiger partial charge in [0.25, 0.3) is 0 Å². The van der Waals surface area contributed by atoms with Crippen LogP contribution in [0.3, 0.4) is 0 Å². The van der Waals surface area contributed by atoms with Crippen LogP contribution in [-0.2, 0) is 22.6 Å². The van der Waals surface area contributed by atoms with E-state index in [0.717, 1.165) is 12.2 Å². The third-order valence-electron chi connectivity index (χ3n) is 3.27. The SMILES string of the molecule is CCc1nccn1CCC(=O)N(C)CCC(=O)N(C)C. The van der Waals surface area contributed by atoms with Gasteiger partial charge in [-0.3, -0.25) is 9.59 Å². The van der Waals surface area contributed by atoms with Gasteiger partial charge in [-0.25, -0.2) is 4.98 Å². The molecule has 0 saturated carbocycles. The van der Waals surface area contributed by atoms with E-state index < -0.39 is 0 Å². The quantitative estimate of drug-likeness (QED) is 0.741. The van der Waals surface area contributed by atoms with Crippen LogP contribution in [0.25, 0.3) is 0 Å². The van der Waals surface area contributed by atoms with Crippen LogP contribution < -0.4 is 0 Å². The summed E-state index contributed by atoms with van der Waals surface area (Å²) in [4.78, 5) is 30.8. The fourth-order valence-corrected chi connectivity index (χ4v) is 1.88. The number of nitrogens with zero attached hydrogens (tertiary/aromatic N) is 4. The minimum absolute atomic E-state index is 0.0347. The Morgan fingerprint density at radius 1 is 1.20 bits per heavy atom. The third kappa shape index (κ3) is 4.68. The molecule has 0 N–H and O–H groups in total. The smallest absolute Gasteiger partial charge is 0.224 e. The number of aryl methyl sites for hydroxylation is 2. The van der Waals surface area contributed by atoms with E-state index in [9.17, 15) is 9.59 Å². The van der Waals surface area contributed by atoms with Crippen LogP contribution in [0.2, 0.25) is 0 Å². The van der Waals surface area contributed by atoms with E-state index in [-0.39, 0.29) is 11.8 Å². The molecule has 0 aliphatic rings. The Morgan fingerprint density at radius 3 is 2.50 bits per heavy atom. The standard InChI is InChI=1S/C14H24N4O2/c1-5-12-15-8-11-18(12)10-7-14(20)17(4)9-6-13(19)16(2)3/h8,11H,5-7,9-10H2,1-4H3. The highest BCUT2D eigenvalue weighted by Crippen LogP contribution is 2.02. The minimum atomic E-state index is 0.0347. The monoisotopic (exact) mass is 280 g/mol. The number of hydrogen-bond donors (Lipinski definition) is 0. The third-order valence-corrected chi connectivity index (χ3v) is 3.27. The van der Waals surface area contributed by atoms with Crippen LogP contribution in [0.1, 0.15) is 25.6 Å². The van der Waals surface area contributed by atoms with Crippen molar-refractivity contribution in [2.75, 3.05) is 27.7 Å². The predicted octanol–water partition coefficient (Wildman–Crippen LogP) is 0.772. The van der Waals surface area contributed by atoms with Gasteiger partial charge >= 0.3 is 0 Å². The lowest BCUT2D eigenvalue weighted by Crippen LogP contribution is -2.32. The molecule has 6 heteroatoms. The lowest BCUT2D eigenvalue weighted by Gasteiger charge is -2.18. The van der Waals surface area contributed by atoms with Crippen molar-refractivity contribution < 1.29 is 9.59 Å². The zero-order valence-electron chi connectivity index (χ0n) is 12.8. The summed E-state index contributed by atoms with van der Waals surface area (Å²) in [5.41, 5.74) is 0. The first-order valence-corrected chi connectivity index (χ1v) is 6.89. The number of amides is 2. The molecule has 1 aromatic rings. The van der Waals surface area contributed by atoms with Crippen molar-refractivity contribution in [2.45, 2.75) is 32.7 Å². The molecule has 0 radical (unpaired) electrons. The highest BCUT2D eigenvalue weighted by atomic mass is 16.2. The number of imidazole rings is 1. The molecular formula is C14H24N4O2. The van der Waals surface area contributed by atoms with E-state index in [1.807, 2.05) is 17.7 Å². The molecular weight excluding hydrogens is 256 g/mol. The molecule has 0 spiro atoms. The molecule has 0 aliphatic carbocycles. The Morgan fingerprint density at radius 2 is 1.90 bits per heavy atom. The number of hydrogen-bond acceptors (Lipinski definition) is 3. The minimum Gasteiger partial charge on any atom is -0.349 e. The number of carbonyl (C=O) groups is 2. The first-order chi connectivity index (χ1) is 9.45. The highest BCUT2D eigenvalue weighted by Gasteiger charge is 2.12. The molecule has 0 aliphatic heterocycles. The van der Waals surface area contributed by atoms with Gasteiger partial charge in [0.15, 0.2) is 0 Å². The van der Waals surface area contributed by atoms with Crippen molar-refractivity contribution in [3.05, 3.63) is 18.2 Å². The molecule has 1 aromatic heterocycles. The van der Waals surface area contributed by atoms with Crippen molar-refractivity contribution >= 4 is 11.8 Å². The van der Waals surface area contributed by atoms with Gasteiger partial charge in [0.05, 0.1) is 0 Å². The zero-order chi connectivity index (χ0) is 15.1. The summed E-state index contributed by atoms with van der Waals surface area (Å²) >= 11 is 0. The van der Waals surface area contributed by atoms with Crippen molar-refractivity contribution in [2.24, 2.45) is 0 Å². The molecule has 2 amide bonds. The molecule has 0 unspecified atom stereocenters. The van der Waals surface area contributed by atoms with Crippen LogP contribution in [0, 0.1) is 0 Å². The summed E-state index contributed by atoms with van der Waals surface area (Å²) < 4.78 is 2.00. The Kier molecular flexibility index (Phi) is 6.21. The van der Waals surface area contributed by atoms with Crippen LogP contribution in [0.4, 0.5) is 0 Å². The van der Waals surface area contributed by atoms with E-state index >= 15 is 0 Å². The van der Waals surface area contributed by atoms with Gasteiger partial charge in [-0.15, -0.1) is 0 Å². The molecule has 0 aromatic carbocycles. The van der Waals surface area contributed by atoms with Gasteiger partial charge in [0.1, 0.15) is 5.82 Å². The Hall–Kier alpha value is -1.85. The molecule has 1 rings (SSSR count). The second kappa shape index (κ2) is 7.67. The molecule has 112 valence electrons. The highest BCUT2D eigenvalue weighted by molar-refractivity contribution is 5.78. The lowest BCUT2D eigenvalue weighted by atomic mass is 10.3. The van der Waals surface area contributed by atoms with E-state index in [1.165, 1.54) is 4.90 Å². The van der Waals surface area contributed by atoms with Crippen LogP contribution >= 0.6 is 0 Å². The summed E-state index contributed by atoms with van der Waals surface area (Å²) in [7, 11) is 5.17. The number of aromatic nitrogens is 2. The number of carbonyl (C=O) groups excluding carboxylic acids is 2. The van der Waals surface area contributed by atoms with Crippen molar-refractivity contribution in [3.63, 3.8) is 0 Å². The summed E-state index contributed by atoms with van der Waals surface area (Å²) in [5, 5.41) is 0. The Labute approximate surface area is 120 Å². The average molecular weight is 280 g/mol. The summed E-state index contributed by atoms with van der Waals surface area (Å²) in [5.74, 6) is 1.07. The second-order valence-corrected chi connectivity index (χ2v) is 4.99. The fraction of sp³-hybridized carbons (Fsp3) is 0.643. The lowest BCUT2D eigenvalue weighted by molar-refractivity contribution is -0.132. The van der Waals surface area contributed by atoms with Gasteiger partial charge in [-0.2, -0.15) is 0 Å². The first-order valence-electron chi connectivity index (χ1n) is 6.89. The summed E-state index contributed by atoms with van der Waals surface area (Å²) in [6, 6.07) is 0. The Bertz CT molecular complexity index is 454. The maximum atomic E-state index is 12.0. The van der Waals surface area contributed by atoms with Gasteiger partial charge in [-0.05, 0) is 0 Å². The fourth-order valence-electron chi connectivity index (χ4n) is 1.88. The molecule has 0 fully saturated rings. The molecule has 0 saturated heterocycles. The topological polar surface area (TPSA) is 58.4 Å². The maximum Gasteiger partial charge on any atom is 0.224 e. The second-order valence-electron chi connectivity index (χ2n) is 4.99. The predicted molar refractivity (Wildman–Crippen MR) is 77.2 cm³/mol. The molecule has 0 bridgehead atoms. The average Bonchev–Trinajstić information content (AvgIpc) is 2.88. The van der Waals surface area contributed by atoms with E-state index in [2.05, 4.69) is 4.98 Å². The normalized spacial score (nSPS) is 10.4. The van der Waals surface area contributed by atoms with Gasteiger partial charge < -0.3 is 14.4 Å². The molecule has 20 heavy (non-hydrogen) atoms. The van der Waals surface area contributed by atoms with Gasteiger partial charge in [0.2, 0.25) is 11.8 Å². The van der Waals surface area contributed by atoms with Crippen LogP contribution in [0.5, 0.6) is 0 Å². The molecule has 1 heterocycles. The van der Waals surface area contributed by atoms with Crippen LogP contribution in [0.15, 0.2) is 12.4 Å². The largest absolute Gasteiger partial charge is 0.349 e. The van der Waals surface area contributed by atoms with Gasteiger partial charge in [-0.1, -0.05) is 6.92 Å². The Balaban J connectivity index is 2.37. The van der Waals surface area contributed by atoms with Gasteiger partial charge in [0, 0.05) is 65.9 Å². The maximum absolute atomic E-state index is 12.0. The summed E-state index contributed by atoms with van der Waals surface area (Å²) in [6.45, 7) is 3.13.